The zero-order chi connectivity index (χ0) is 12.6. The molecule has 4 aliphatic rings. The first-order valence-corrected chi connectivity index (χ1v) is 6.48. The van der Waals surface area contributed by atoms with Crippen LogP contribution >= 0.6 is 0 Å². The van der Waals surface area contributed by atoms with Gasteiger partial charge in [0, 0.05) is 11.8 Å². The molecule has 2 N–H and O–H groups in total. The third kappa shape index (κ3) is 0.945. The van der Waals surface area contributed by atoms with Crippen LogP contribution in [-0.4, -0.2) is 22.2 Å². The summed E-state index contributed by atoms with van der Waals surface area (Å²) in [5, 5.41) is 18.5. The Labute approximate surface area is 104 Å². The molecule has 18 heavy (non-hydrogen) atoms. The molecule has 0 heterocycles. The lowest BCUT2D eigenvalue weighted by Gasteiger charge is -2.45. The van der Waals surface area contributed by atoms with E-state index in [9.17, 15) is 19.8 Å². The van der Waals surface area contributed by atoms with E-state index in [-0.39, 0.29) is 23.0 Å². The summed E-state index contributed by atoms with van der Waals surface area (Å²) >= 11 is 0. The second-order valence-corrected chi connectivity index (χ2v) is 5.96. The molecule has 0 aromatic carbocycles. The van der Waals surface area contributed by atoms with Crippen LogP contribution in [0.5, 0.6) is 0 Å². The van der Waals surface area contributed by atoms with E-state index >= 15 is 0 Å². The summed E-state index contributed by atoms with van der Waals surface area (Å²) in [5.41, 5.74) is 0.393. The average molecular weight is 246 g/mol. The molecule has 6 atom stereocenters. The summed E-state index contributed by atoms with van der Waals surface area (Å²) in [4.78, 5) is 22.5. The van der Waals surface area contributed by atoms with Crippen molar-refractivity contribution in [2.45, 2.75) is 12.8 Å². The van der Waals surface area contributed by atoms with Crippen molar-refractivity contribution in [3.8, 4) is 0 Å². The van der Waals surface area contributed by atoms with E-state index in [0.29, 0.717) is 23.7 Å². The fourth-order valence-corrected chi connectivity index (χ4v) is 5.16. The zero-order valence-corrected chi connectivity index (χ0v) is 9.74. The Morgan fingerprint density at radius 2 is 1.61 bits per heavy atom. The Balaban J connectivity index is 1.79. The third-order valence-corrected chi connectivity index (χ3v) is 5.58. The molecule has 2 fully saturated rings. The van der Waals surface area contributed by atoms with Crippen LogP contribution in [0.4, 0.5) is 0 Å². The van der Waals surface area contributed by atoms with Crippen LogP contribution in [0.3, 0.4) is 0 Å². The van der Waals surface area contributed by atoms with Crippen LogP contribution in [0.2, 0.25) is 0 Å². The van der Waals surface area contributed by atoms with Gasteiger partial charge in [-0.3, -0.25) is 0 Å². The molecule has 0 aliphatic heterocycles. The van der Waals surface area contributed by atoms with Gasteiger partial charge >= 0.3 is 11.9 Å². The lowest BCUT2D eigenvalue weighted by atomic mass is 9.56. The molecule has 4 nitrogen and oxygen atoms in total. The minimum absolute atomic E-state index is 0.00241. The molecule has 4 heteroatoms. The second kappa shape index (κ2) is 3.05. The van der Waals surface area contributed by atoms with Crippen molar-refractivity contribution in [3.63, 3.8) is 0 Å². The van der Waals surface area contributed by atoms with Crippen LogP contribution in [0.25, 0.3) is 0 Å². The number of hydrogen-bond acceptors (Lipinski definition) is 2. The van der Waals surface area contributed by atoms with Gasteiger partial charge in [-0.05, 0) is 36.5 Å². The summed E-state index contributed by atoms with van der Waals surface area (Å²) in [6.45, 7) is 0. The normalized spacial score (nSPS) is 46.9. The van der Waals surface area contributed by atoms with Crippen LogP contribution in [0.1, 0.15) is 12.8 Å². The van der Waals surface area contributed by atoms with Crippen LogP contribution in [-0.2, 0) is 9.59 Å². The largest absolute Gasteiger partial charge is 0.478 e. The maximum absolute atomic E-state index is 11.3. The molecule has 0 radical (unpaired) electrons. The van der Waals surface area contributed by atoms with Gasteiger partial charge in [0.05, 0.1) is 11.1 Å². The highest BCUT2D eigenvalue weighted by Gasteiger charge is 2.66. The molecule has 0 amide bonds. The molecule has 0 saturated heterocycles. The van der Waals surface area contributed by atoms with E-state index in [0.717, 1.165) is 12.8 Å². The first kappa shape index (κ1) is 10.4. The monoisotopic (exact) mass is 246 g/mol. The Morgan fingerprint density at radius 1 is 1.00 bits per heavy atom. The van der Waals surface area contributed by atoms with Gasteiger partial charge in [-0.1, -0.05) is 12.2 Å². The number of carboxylic acids is 2. The highest BCUT2D eigenvalue weighted by molar-refractivity contribution is 6.03. The molecule has 2 saturated carbocycles. The summed E-state index contributed by atoms with van der Waals surface area (Å²) < 4.78 is 0. The van der Waals surface area contributed by atoms with Crippen LogP contribution in [0, 0.1) is 35.5 Å². The Morgan fingerprint density at radius 3 is 2.22 bits per heavy atom. The summed E-state index contributed by atoms with van der Waals surface area (Å²) in [6.07, 6.45) is 6.47. The van der Waals surface area contributed by atoms with Crippen molar-refractivity contribution in [3.05, 3.63) is 23.3 Å². The zero-order valence-electron chi connectivity index (χ0n) is 9.74. The summed E-state index contributed by atoms with van der Waals surface area (Å²) in [6, 6.07) is 0. The second-order valence-electron chi connectivity index (χ2n) is 5.96. The number of aliphatic carboxylic acids is 2. The first-order chi connectivity index (χ1) is 8.61. The van der Waals surface area contributed by atoms with Gasteiger partial charge in [0.25, 0.3) is 0 Å². The SMILES string of the molecule is O=C(O)C1=C(C(=O)O)C2C3CC(C4C=CCC43)C12. The van der Waals surface area contributed by atoms with E-state index in [1.165, 1.54) is 0 Å². The molecule has 0 spiro atoms. The van der Waals surface area contributed by atoms with Crippen molar-refractivity contribution in [1.82, 2.24) is 0 Å². The molecule has 94 valence electrons. The van der Waals surface area contributed by atoms with Gasteiger partial charge < -0.3 is 10.2 Å². The Bertz CT molecular complexity index is 530. The van der Waals surface area contributed by atoms with Gasteiger partial charge in [0.15, 0.2) is 0 Å². The number of carbonyl (C=O) groups is 2. The lowest BCUT2D eigenvalue weighted by molar-refractivity contribution is -0.140. The number of rotatable bonds is 2. The molecular formula is C14H14O4. The van der Waals surface area contributed by atoms with E-state index in [1.807, 2.05) is 0 Å². The minimum Gasteiger partial charge on any atom is -0.478 e. The van der Waals surface area contributed by atoms with E-state index in [1.54, 1.807) is 0 Å². The fourth-order valence-electron chi connectivity index (χ4n) is 5.16. The Kier molecular flexibility index (Phi) is 1.75. The first-order valence-electron chi connectivity index (χ1n) is 6.48. The summed E-state index contributed by atoms with van der Waals surface area (Å²) in [7, 11) is 0. The van der Waals surface area contributed by atoms with E-state index in [4.69, 9.17) is 0 Å². The van der Waals surface area contributed by atoms with Gasteiger partial charge in [-0.15, -0.1) is 0 Å². The molecular weight excluding hydrogens is 232 g/mol. The Hall–Kier alpha value is -1.58. The number of allylic oxidation sites excluding steroid dienone is 2. The highest BCUT2D eigenvalue weighted by Crippen LogP contribution is 2.69. The topological polar surface area (TPSA) is 74.6 Å². The number of hydrogen-bond donors (Lipinski definition) is 2. The molecule has 6 unspecified atom stereocenters. The maximum Gasteiger partial charge on any atom is 0.332 e. The quantitative estimate of drug-likeness (QED) is 0.725. The van der Waals surface area contributed by atoms with E-state index < -0.39 is 11.9 Å². The van der Waals surface area contributed by atoms with Crippen LogP contribution < -0.4 is 0 Å². The van der Waals surface area contributed by atoms with Crippen molar-refractivity contribution in [1.29, 1.82) is 0 Å². The molecule has 0 aromatic rings. The fraction of sp³-hybridized carbons (Fsp3) is 0.571. The number of fused-ring (bicyclic) bond motifs is 8. The van der Waals surface area contributed by atoms with Gasteiger partial charge in [-0.2, -0.15) is 0 Å². The van der Waals surface area contributed by atoms with Gasteiger partial charge in [0.2, 0.25) is 0 Å². The van der Waals surface area contributed by atoms with Gasteiger partial charge in [-0.25, -0.2) is 9.59 Å². The van der Waals surface area contributed by atoms with Crippen molar-refractivity contribution in [2.24, 2.45) is 35.5 Å². The molecule has 4 rings (SSSR count). The standard InChI is InChI=1S/C14H14O4/c15-13(16)11-9-7-4-8(6-3-1-2-5(6)7)10(9)12(11)14(17)18/h1-2,5-10H,3-4H2,(H,15,16)(H,17,18). The van der Waals surface area contributed by atoms with E-state index in [2.05, 4.69) is 12.2 Å². The third-order valence-electron chi connectivity index (χ3n) is 5.58. The smallest absolute Gasteiger partial charge is 0.332 e. The molecule has 4 aliphatic carbocycles. The lowest BCUT2D eigenvalue weighted by Crippen LogP contribution is -2.46. The van der Waals surface area contributed by atoms with Crippen LogP contribution in [0.15, 0.2) is 23.3 Å². The molecule has 0 aromatic heterocycles. The van der Waals surface area contributed by atoms with Gasteiger partial charge in [0.1, 0.15) is 0 Å². The summed E-state index contributed by atoms with van der Waals surface area (Å²) in [5.74, 6) is -0.195. The highest BCUT2D eigenvalue weighted by atomic mass is 16.4. The average Bonchev–Trinajstić information content (AvgIpc) is 2.85. The van der Waals surface area contributed by atoms with Crippen molar-refractivity contribution >= 4 is 11.9 Å². The minimum atomic E-state index is -1.03. The molecule has 2 bridgehead atoms. The predicted octanol–water partition coefficient (Wildman–Crippen LogP) is 1.54. The van der Waals surface area contributed by atoms with Crippen molar-refractivity contribution in [2.75, 3.05) is 0 Å². The van der Waals surface area contributed by atoms with Crippen molar-refractivity contribution < 1.29 is 19.8 Å². The number of carboxylic acid groups (broad SMARTS) is 2. The maximum atomic E-state index is 11.3. The predicted molar refractivity (Wildman–Crippen MR) is 61.6 cm³/mol.